The number of carboxylic acids is 1. The van der Waals surface area contributed by atoms with Crippen molar-refractivity contribution >= 4 is 23.8 Å². The average molecular weight is 274 g/mol. The summed E-state index contributed by atoms with van der Waals surface area (Å²) in [6, 6.07) is -0.179. The molecule has 5 nitrogen and oxygen atoms in total. The maximum absolute atomic E-state index is 11.8. The number of amides is 2. The summed E-state index contributed by atoms with van der Waals surface area (Å²) < 4.78 is 0. The molecule has 0 aromatic carbocycles. The van der Waals surface area contributed by atoms with Gasteiger partial charge in [0.15, 0.2) is 0 Å². The first kappa shape index (κ1) is 15.1. The lowest BCUT2D eigenvalue weighted by molar-refractivity contribution is -0.141. The highest BCUT2D eigenvalue weighted by molar-refractivity contribution is 7.99. The molecule has 1 atom stereocenters. The van der Waals surface area contributed by atoms with Gasteiger partial charge in [-0.25, -0.2) is 4.79 Å². The van der Waals surface area contributed by atoms with Gasteiger partial charge in [-0.15, -0.1) is 0 Å². The Morgan fingerprint density at radius 2 is 2.06 bits per heavy atom. The second-order valence-corrected chi connectivity index (χ2v) is 6.09. The zero-order chi connectivity index (χ0) is 13.5. The summed E-state index contributed by atoms with van der Waals surface area (Å²) in [7, 11) is 1.63. The molecule has 0 bridgehead atoms. The van der Waals surface area contributed by atoms with Crippen molar-refractivity contribution in [3.63, 3.8) is 0 Å². The molecule has 1 aliphatic rings. The van der Waals surface area contributed by atoms with Crippen molar-refractivity contribution in [1.82, 2.24) is 10.2 Å². The molecular formula is C12H22N2O3S. The lowest BCUT2D eigenvalue weighted by Gasteiger charge is -2.24. The van der Waals surface area contributed by atoms with Gasteiger partial charge >= 0.3 is 12.0 Å². The fourth-order valence-electron chi connectivity index (χ4n) is 1.89. The van der Waals surface area contributed by atoms with Gasteiger partial charge < -0.3 is 15.3 Å². The first-order valence-electron chi connectivity index (χ1n) is 6.30. The summed E-state index contributed by atoms with van der Waals surface area (Å²) in [5, 5.41) is 11.7. The first-order valence-corrected chi connectivity index (χ1v) is 7.45. The Hall–Kier alpha value is -0.910. The number of carboxylic acid groups (broad SMARTS) is 1. The Labute approximate surface area is 112 Å². The van der Waals surface area contributed by atoms with Crippen molar-refractivity contribution in [1.29, 1.82) is 0 Å². The summed E-state index contributed by atoms with van der Waals surface area (Å²) >= 11 is 1.96. The van der Waals surface area contributed by atoms with Crippen LogP contribution in [0.2, 0.25) is 0 Å². The number of nitrogens with zero attached hydrogens (tertiary/aromatic N) is 1. The maximum Gasteiger partial charge on any atom is 0.317 e. The topological polar surface area (TPSA) is 69.6 Å². The monoisotopic (exact) mass is 274 g/mol. The molecule has 1 aliphatic heterocycles. The van der Waals surface area contributed by atoms with Crippen molar-refractivity contribution in [2.75, 3.05) is 31.6 Å². The van der Waals surface area contributed by atoms with Gasteiger partial charge in [-0.1, -0.05) is 6.92 Å². The van der Waals surface area contributed by atoms with Gasteiger partial charge in [-0.2, -0.15) is 11.8 Å². The molecule has 0 spiro atoms. The third-order valence-corrected chi connectivity index (χ3v) is 4.25. The molecule has 6 heteroatoms. The van der Waals surface area contributed by atoms with E-state index in [1.165, 1.54) is 16.4 Å². The van der Waals surface area contributed by atoms with E-state index >= 15 is 0 Å². The van der Waals surface area contributed by atoms with Crippen LogP contribution in [0.1, 0.15) is 19.8 Å². The van der Waals surface area contributed by atoms with Gasteiger partial charge in [0.2, 0.25) is 0 Å². The van der Waals surface area contributed by atoms with E-state index in [0.29, 0.717) is 12.5 Å². The molecule has 0 saturated carbocycles. The van der Waals surface area contributed by atoms with Crippen LogP contribution < -0.4 is 5.32 Å². The summed E-state index contributed by atoms with van der Waals surface area (Å²) in [6.45, 7) is 2.54. The maximum atomic E-state index is 11.8. The molecule has 1 fully saturated rings. The molecule has 18 heavy (non-hydrogen) atoms. The van der Waals surface area contributed by atoms with Crippen LogP contribution in [0, 0.1) is 11.8 Å². The van der Waals surface area contributed by atoms with E-state index in [1.807, 2.05) is 11.8 Å². The van der Waals surface area contributed by atoms with Gasteiger partial charge in [0.1, 0.15) is 0 Å². The average Bonchev–Trinajstić information content (AvgIpc) is 2.36. The van der Waals surface area contributed by atoms with Crippen LogP contribution in [0.15, 0.2) is 0 Å². The van der Waals surface area contributed by atoms with Crippen LogP contribution in [0.4, 0.5) is 4.79 Å². The van der Waals surface area contributed by atoms with Crippen LogP contribution in [-0.4, -0.2) is 53.6 Å². The normalized spacial score (nSPS) is 18.1. The lowest BCUT2D eigenvalue weighted by Crippen LogP contribution is -2.42. The smallest absolute Gasteiger partial charge is 0.317 e. The number of carbonyl (C=O) groups excluding carboxylic acids is 1. The van der Waals surface area contributed by atoms with Gasteiger partial charge in [-0.3, -0.25) is 4.79 Å². The minimum Gasteiger partial charge on any atom is -0.481 e. The summed E-state index contributed by atoms with van der Waals surface area (Å²) in [6.07, 6.45) is 2.31. The second-order valence-electron chi connectivity index (χ2n) is 4.86. The zero-order valence-electron chi connectivity index (χ0n) is 11.0. The molecule has 0 aliphatic carbocycles. The third kappa shape index (κ3) is 5.16. The molecule has 1 rings (SSSR count). The highest BCUT2D eigenvalue weighted by Gasteiger charge is 2.19. The largest absolute Gasteiger partial charge is 0.481 e. The van der Waals surface area contributed by atoms with Gasteiger partial charge in [0.05, 0.1) is 5.92 Å². The highest BCUT2D eigenvalue weighted by atomic mass is 32.2. The minimum absolute atomic E-state index is 0.179. The number of urea groups is 1. The number of rotatable bonds is 5. The van der Waals surface area contributed by atoms with Crippen molar-refractivity contribution < 1.29 is 14.7 Å². The van der Waals surface area contributed by atoms with Crippen molar-refractivity contribution in [2.24, 2.45) is 11.8 Å². The Morgan fingerprint density at radius 3 is 2.61 bits per heavy atom. The SMILES string of the molecule is CC(CN(C)C(=O)NCC1CCSCC1)C(=O)O. The fraction of sp³-hybridized carbons (Fsp3) is 0.833. The van der Waals surface area contributed by atoms with E-state index in [0.717, 1.165) is 12.8 Å². The van der Waals surface area contributed by atoms with Crippen LogP contribution in [0.25, 0.3) is 0 Å². The predicted octanol–water partition coefficient (Wildman–Crippen LogP) is 1.49. The van der Waals surface area contributed by atoms with Crippen molar-refractivity contribution in [3.8, 4) is 0 Å². The second kappa shape index (κ2) is 7.51. The molecule has 0 aromatic rings. The Morgan fingerprint density at radius 1 is 1.44 bits per heavy atom. The summed E-state index contributed by atoms with van der Waals surface area (Å²) in [4.78, 5) is 23.9. The number of aliphatic carboxylic acids is 1. The van der Waals surface area contributed by atoms with Crippen LogP contribution in [0.3, 0.4) is 0 Å². The van der Waals surface area contributed by atoms with E-state index < -0.39 is 11.9 Å². The van der Waals surface area contributed by atoms with Gasteiger partial charge in [0, 0.05) is 20.1 Å². The van der Waals surface area contributed by atoms with Crippen LogP contribution in [0.5, 0.6) is 0 Å². The molecule has 2 N–H and O–H groups in total. The van der Waals surface area contributed by atoms with E-state index in [-0.39, 0.29) is 12.6 Å². The van der Waals surface area contributed by atoms with E-state index in [4.69, 9.17) is 5.11 Å². The number of carbonyl (C=O) groups is 2. The quantitative estimate of drug-likeness (QED) is 0.797. The number of nitrogens with one attached hydrogen (secondary N) is 1. The summed E-state index contributed by atoms with van der Waals surface area (Å²) in [5.74, 6) is 1.50. The Kier molecular flexibility index (Phi) is 6.32. The molecule has 1 saturated heterocycles. The molecule has 0 radical (unpaired) electrons. The van der Waals surface area contributed by atoms with Gasteiger partial charge in [-0.05, 0) is 30.3 Å². The Balaban J connectivity index is 2.24. The van der Waals surface area contributed by atoms with Gasteiger partial charge in [0.25, 0.3) is 0 Å². The molecule has 104 valence electrons. The van der Waals surface area contributed by atoms with Crippen molar-refractivity contribution in [2.45, 2.75) is 19.8 Å². The zero-order valence-corrected chi connectivity index (χ0v) is 11.8. The number of thioether (sulfide) groups is 1. The third-order valence-electron chi connectivity index (χ3n) is 3.20. The number of hydrogen-bond acceptors (Lipinski definition) is 3. The molecule has 2 amide bonds. The standard InChI is InChI=1S/C12H22N2O3S/c1-9(11(15)16)8-14(2)12(17)13-7-10-3-5-18-6-4-10/h9-10H,3-8H2,1-2H3,(H,13,17)(H,15,16). The minimum atomic E-state index is -0.876. The van der Waals surface area contributed by atoms with Crippen LogP contribution >= 0.6 is 11.8 Å². The summed E-state index contributed by atoms with van der Waals surface area (Å²) in [5.41, 5.74) is 0. The number of hydrogen-bond donors (Lipinski definition) is 2. The van der Waals surface area contributed by atoms with Crippen molar-refractivity contribution in [3.05, 3.63) is 0 Å². The van der Waals surface area contributed by atoms with E-state index in [2.05, 4.69) is 5.32 Å². The van der Waals surface area contributed by atoms with E-state index in [9.17, 15) is 9.59 Å². The first-order chi connectivity index (χ1) is 8.50. The fourth-order valence-corrected chi connectivity index (χ4v) is 3.09. The highest BCUT2D eigenvalue weighted by Crippen LogP contribution is 2.21. The lowest BCUT2D eigenvalue weighted by atomic mass is 10.0. The molecule has 1 unspecified atom stereocenters. The van der Waals surface area contributed by atoms with Crippen LogP contribution in [-0.2, 0) is 4.79 Å². The molecular weight excluding hydrogens is 252 g/mol. The molecule has 0 aromatic heterocycles. The predicted molar refractivity (Wildman–Crippen MR) is 72.9 cm³/mol. The Bertz CT molecular complexity index is 293. The van der Waals surface area contributed by atoms with E-state index in [1.54, 1.807) is 14.0 Å². The molecule has 1 heterocycles.